The molecule has 3 aromatic rings. The number of para-hydroxylation sites is 1. The second-order valence-electron chi connectivity index (χ2n) is 6.73. The zero-order chi connectivity index (χ0) is 19.7. The minimum Gasteiger partial charge on any atom is -0.453 e. The van der Waals surface area contributed by atoms with Crippen molar-refractivity contribution in [3.8, 4) is 0 Å². The van der Waals surface area contributed by atoms with Gasteiger partial charge in [0.2, 0.25) is 5.78 Å². The molecule has 3 rings (SSSR count). The summed E-state index contributed by atoms with van der Waals surface area (Å²) in [6, 6.07) is 5.82. The molecule has 0 saturated heterocycles. The Labute approximate surface area is 157 Å². The lowest BCUT2D eigenvalue weighted by Gasteiger charge is -2.06. The van der Waals surface area contributed by atoms with Crippen molar-refractivity contribution in [1.29, 1.82) is 0 Å². The molecule has 1 atom stereocenters. The van der Waals surface area contributed by atoms with Crippen LogP contribution < -0.4 is 0 Å². The van der Waals surface area contributed by atoms with Crippen LogP contribution in [-0.4, -0.2) is 33.4 Å². The minimum atomic E-state index is -0.691. The summed E-state index contributed by atoms with van der Waals surface area (Å²) < 4.78 is 5.23. The Bertz CT molecular complexity index is 1010. The summed E-state index contributed by atoms with van der Waals surface area (Å²) >= 11 is 0. The van der Waals surface area contributed by atoms with Gasteiger partial charge in [-0.3, -0.25) is 4.79 Å². The molecule has 2 aromatic heterocycles. The molecule has 0 spiro atoms. The second kappa shape index (κ2) is 7.40. The Morgan fingerprint density at radius 1 is 1.26 bits per heavy atom. The number of carbonyl (C=O) groups excluding carboxylic acids is 2. The Hall–Kier alpha value is -2.86. The number of ether oxygens (including phenoxy) is 1. The Morgan fingerprint density at radius 3 is 2.63 bits per heavy atom. The zero-order valence-electron chi connectivity index (χ0n) is 16.0. The van der Waals surface area contributed by atoms with Gasteiger partial charge in [-0.25, -0.2) is 4.79 Å². The quantitative estimate of drug-likeness (QED) is 0.456. The van der Waals surface area contributed by atoms with E-state index in [0.29, 0.717) is 22.4 Å². The summed E-state index contributed by atoms with van der Waals surface area (Å²) in [4.78, 5) is 31.1. The van der Waals surface area contributed by atoms with Gasteiger partial charge in [-0.2, -0.15) is 0 Å². The highest BCUT2D eigenvalue weighted by molar-refractivity contribution is 6.09. The third kappa shape index (κ3) is 3.40. The summed E-state index contributed by atoms with van der Waals surface area (Å²) in [5, 5.41) is 10.7. The highest BCUT2D eigenvalue weighted by atomic mass is 16.5. The average molecular weight is 368 g/mol. The number of fused-ring (bicyclic) bond motifs is 1. The van der Waals surface area contributed by atoms with E-state index in [-0.39, 0.29) is 18.1 Å². The number of benzene rings is 1. The van der Waals surface area contributed by atoms with Gasteiger partial charge >= 0.3 is 5.97 Å². The van der Waals surface area contributed by atoms with Gasteiger partial charge in [0.1, 0.15) is 5.69 Å². The Balaban J connectivity index is 1.77. The number of H-pyrrole nitrogens is 2. The van der Waals surface area contributed by atoms with Crippen LogP contribution in [0.2, 0.25) is 0 Å². The molecule has 27 heavy (non-hydrogen) atoms. The number of Topliss-reactive ketones (excluding diaryl/α,β-unsaturated/α-hetero) is 1. The number of hydrogen-bond donors (Lipinski definition) is 3. The third-order valence-electron chi connectivity index (χ3n) is 4.93. The molecule has 0 aliphatic carbocycles. The van der Waals surface area contributed by atoms with Crippen molar-refractivity contribution in [2.75, 3.05) is 6.61 Å². The van der Waals surface area contributed by atoms with E-state index >= 15 is 0 Å². The molecule has 0 saturated carbocycles. The lowest BCUT2D eigenvalue weighted by molar-refractivity contribution is 0.0469. The molecule has 6 nitrogen and oxygen atoms in total. The number of ketones is 1. The minimum absolute atomic E-state index is 0.264. The average Bonchev–Trinajstić information content (AvgIpc) is 3.19. The highest BCUT2D eigenvalue weighted by Gasteiger charge is 2.22. The number of carbonyl (C=O) groups is 2. The van der Waals surface area contributed by atoms with Gasteiger partial charge in [-0.05, 0) is 38.3 Å². The van der Waals surface area contributed by atoms with Crippen molar-refractivity contribution in [2.24, 2.45) is 0 Å². The number of esters is 1. The van der Waals surface area contributed by atoms with Crippen molar-refractivity contribution >= 4 is 22.7 Å². The monoisotopic (exact) mass is 368 g/mol. The van der Waals surface area contributed by atoms with Gasteiger partial charge in [0, 0.05) is 33.9 Å². The van der Waals surface area contributed by atoms with Crippen molar-refractivity contribution in [2.45, 2.75) is 40.2 Å². The Kier molecular flexibility index (Phi) is 5.19. The van der Waals surface area contributed by atoms with Gasteiger partial charge in [0.05, 0.1) is 6.10 Å². The first kappa shape index (κ1) is 18.9. The first-order valence-electron chi connectivity index (χ1n) is 9.01. The largest absolute Gasteiger partial charge is 0.453 e. The number of hydrogen-bond acceptors (Lipinski definition) is 4. The van der Waals surface area contributed by atoms with Gasteiger partial charge in [0.15, 0.2) is 6.61 Å². The molecule has 0 unspecified atom stereocenters. The summed E-state index contributed by atoms with van der Waals surface area (Å²) in [7, 11) is 0. The summed E-state index contributed by atoms with van der Waals surface area (Å²) in [5.41, 5.74) is 4.88. The van der Waals surface area contributed by atoms with E-state index in [4.69, 9.17) is 4.74 Å². The first-order valence-corrected chi connectivity index (χ1v) is 9.01. The van der Waals surface area contributed by atoms with Crippen LogP contribution in [0.3, 0.4) is 0 Å². The number of aryl methyl sites for hydroxylation is 2. The van der Waals surface area contributed by atoms with Gasteiger partial charge in [-0.1, -0.05) is 25.1 Å². The fraction of sp³-hybridized carbons (Fsp3) is 0.333. The standard InChI is InChI=1S/C21H24N2O4/c1-5-14-7-6-8-15-16(9-22-20(14)15)17(25)10-27-21(26)19-11(2)18(13(4)24)12(3)23-19/h6-9,13,22-24H,5,10H2,1-4H3/t13-/m1/s1. The van der Waals surface area contributed by atoms with Crippen LogP contribution in [0.1, 0.15) is 63.2 Å². The molecule has 3 N–H and O–H groups in total. The number of aliphatic hydroxyl groups excluding tert-OH is 1. The maximum atomic E-state index is 12.6. The van der Waals surface area contributed by atoms with Gasteiger partial charge in [-0.15, -0.1) is 0 Å². The van der Waals surface area contributed by atoms with Crippen LogP contribution in [0.25, 0.3) is 10.9 Å². The molecular weight excluding hydrogens is 344 g/mol. The van der Waals surface area contributed by atoms with E-state index in [1.54, 1.807) is 27.0 Å². The van der Waals surface area contributed by atoms with Crippen LogP contribution in [-0.2, 0) is 11.2 Å². The number of aliphatic hydroxyl groups is 1. The summed E-state index contributed by atoms with van der Waals surface area (Å²) in [5.74, 6) is -0.871. The van der Waals surface area contributed by atoms with Gasteiger partial charge in [0.25, 0.3) is 0 Å². The van der Waals surface area contributed by atoms with Crippen LogP contribution in [0.5, 0.6) is 0 Å². The van der Waals surface area contributed by atoms with E-state index < -0.39 is 12.1 Å². The molecule has 0 bridgehead atoms. The van der Waals surface area contributed by atoms with Crippen molar-refractivity contribution in [1.82, 2.24) is 9.97 Å². The maximum absolute atomic E-state index is 12.6. The Morgan fingerprint density at radius 2 is 2.00 bits per heavy atom. The molecular formula is C21H24N2O4. The number of rotatable bonds is 6. The molecule has 6 heteroatoms. The number of aromatic amines is 2. The molecule has 0 aliphatic rings. The SMILES string of the molecule is CCc1cccc2c(C(=O)COC(=O)c3[nH]c(C)c([C@@H](C)O)c3C)c[nH]c12. The van der Waals surface area contributed by atoms with Crippen LogP contribution >= 0.6 is 0 Å². The lowest BCUT2D eigenvalue weighted by Crippen LogP contribution is -2.15. The van der Waals surface area contributed by atoms with E-state index in [2.05, 4.69) is 16.9 Å². The topological polar surface area (TPSA) is 95.2 Å². The van der Waals surface area contributed by atoms with Gasteiger partial charge < -0.3 is 19.8 Å². The molecule has 0 aliphatic heterocycles. The molecule has 0 amide bonds. The predicted octanol–water partition coefficient (Wildman–Crippen LogP) is 3.77. The predicted molar refractivity (Wildman–Crippen MR) is 103 cm³/mol. The maximum Gasteiger partial charge on any atom is 0.355 e. The van der Waals surface area contributed by atoms with Crippen molar-refractivity contribution in [3.63, 3.8) is 0 Å². The third-order valence-corrected chi connectivity index (χ3v) is 4.93. The number of nitrogens with one attached hydrogen (secondary N) is 2. The molecule has 1 aromatic carbocycles. The van der Waals surface area contributed by atoms with E-state index in [9.17, 15) is 14.7 Å². The van der Waals surface area contributed by atoms with Crippen LogP contribution in [0, 0.1) is 13.8 Å². The lowest BCUT2D eigenvalue weighted by atomic mass is 10.1. The molecule has 2 heterocycles. The van der Waals surface area contributed by atoms with E-state index in [1.807, 2.05) is 18.2 Å². The van der Waals surface area contributed by atoms with E-state index in [1.165, 1.54) is 0 Å². The van der Waals surface area contributed by atoms with Crippen molar-refractivity contribution < 1.29 is 19.4 Å². The smallest absolute Gasteiger partial charge is 0.355 e. The molecule has 0 radical (unpaired) electrons. The highest BCUT2D eigenvalue weighted by Crippen LogP contribution is 2.25. The first-order chi connectivity index (χ1) is 12.8. The zero-order valence-corrected chi connectivity index (χ0v) is 16.0. The molecule has 142 valence electrons. The fourth-order valence-corrected chi connectivity index (χ4v) is 3.62. The fourth-order valence-electron chi connectivity index (χ4n) is 3.62. The van der Waals surface area contributed by atoms with Crippen LogP contribution in [0.4, 0.5) is 0 Å². The number of aromatic nitrogens is 2. The second-order valence-corrected chi connectivity index (χ2v) is 6.73. The normalized spacial score (nSPS) is 12.3. The van der Waals surface area contributed by atoms with Crippen LogP contribution in [0.15, 0.2) is 24.4 Å². The summed E-state index contributed by atoms with van der Waals surface area (Å²) in [6.45, 7) is 6.89. The van der Waals surface area contributed by atoms with E-state index in [0.717, 1.165) is 22.9 Å². The molecule has 0 fully saturated rings. The summed E-state index contributed by atoms with van der Waals surface area (Å²) in [6.07, 6.45) is 1.83. The van der Waals surface area contributed by atoms with Crippen molar-refractivity contribution in [3.05, 3.63) is 58.0 Å².